The summed E-state index contributed by atoms with van der Waals surface area (Å²) in [6.45, 7) is 2.63. The van der Waals surface area contributed by atoms with Crippen molar-refractivity contribution in [2.45, 2.75) is 18.8 Å². The van der Waals surface area contributed by atoms with E-state index in [2.05, 4.69) is 41.5 Å². The highest BCUT2D eigenvalue weighted by Crippen LogP contribution is 2.31. The molecule has 1 heterocycles. The molecule has 4 aromatic rings. The first-order chi connectivity index (χ1) is 15.0. The van der Waals surface area contributed by atoms with Crippen LogP contribution in [0.2, 0.25) is 0 Å². The Balaban J connectivity index is 1.46. The Morgan fingerprint density at radius 2 is 1.52 bits per heavy atom. The Morgan fingerprint density at radius 1 is 0.935 bits per heavy atom. The first-order valence-electron chi connectivity index (χ1n) is 10.1. The minimum Gasteiger partial charge on any atom is -0.355 e. The first kappa shape index (κ1) is 20.9. The van der Waals surface area contributed by atoms with Crippen molar-refractivity contribution in [1.82, 2.24) is 10.3 Å². The predicted octanol–water partition coefficient (Wildman–Crippen LogP) is 5.61. The second-order valence-corrected chi connectivity index (χ2v) is 8.53. The molecule has 0 unspecified atom stereocenters. The summed E-state index contributed by atoms with van der Waals surface area (Å²) in [6.07, 6.45) is 0.206. The molecule has 4 rings (SSSR count). The molecule has 1 aromatic heterocycles. The van der Waals surface area contributed by atoms with Crippen LogP contribution in [0, 0.1) is 5.82 Å². The van der Waals surface area contributed by atoms with E-state index in [9.17, 15) is 9.18 Å². The Bertz CT molecular complexity index is 1100. The van der Waals surface area contributed by atoms with Crippen LogP contribution in [0.4, 0.5) is 4.39 Å². The van der Waals surface area contributed by atoms with Crippen molar-refractivity contribution in [2.24, 2.45) is 0 Å². The van der Waals surface area contributed by atoms with Crippen LogP contribution >= 0.6 is 11.3 Å². The van der Waals surface area contributed by atoms with Crippen LogP contribution in [0.5, 0.6) is 0 Å². The maximum Gasteiger partial charge on any atom is 0.226 e. The Morgan fingerprint density at radius 3 is 2.10 bits per heavy atom. The van der Waals surface area contributed by atoms with Crippen molar-refractivity contribution in [2.75, 3.05) is 6.54 Å². The second-order valence-electron chi connectivity index (χ2n) is 7.67. The monoisotopic (exact) mass is 430 g/mol. The van der Waals surface area contributed by atoms with Gasteiger partial charge in [-0.05, 0) is 42.3 Å². The van der Waals surface area contributed by atoms with Crippen LogP contribution in [-0.4, -0.2) is 17.4 Å². The van der Waals surface area contributed by atoms with Gasteiger partial charge in [0.15, 0.2) is 0 Å². The van der Waals surface area contributed by atoms with E-state index in [1.807, 2.05) is 41.8 Å². The van der Waals surface area contributed by atoms with Crippen LogP contribution < -0.4 is 5.32 Å². The van der Waals surface area contributed by atoms with Crippen molar-refractivity contribution in [3.05, 3.63) is 113 Å². The number of benzene rings is 3. The summed E-state index contributed by atoms with van der Waals surface area (Å²) in [5.41, 5.74) is 3.50. The predicted molar refractivity (Wildman–Crippen MR) is 124 cm³/mol. The summed E-state index contributed by atoms with van der Waals surface area (Å²) >= 11 is 1.45. The van der Waals surface area contributed by atoms with Crippen molar-refractivity contribution < 1.29 is 9.18 Å². The fourth-order valence-corrected chi connectivity index (χ4v) is 4.42. The second kappa shape index (κ2) is 9.23. The number of carbonyl (C=O) groups is 1. The molecule has 5 heteroatoms. The highest BCUT2D eigenvalue weighted by Gasteiger charge is 2.29. The van der Waals surface area contributed by atoms with E-state index in [1.54, 1.807) is 12.1 Å². The zero-order valence-corrected chi connectivity index (χ0v) is 18.0. The average molecular weight is 431 g/mol. The molecule has 0 saturated carbocycles. The van der Waals surface area contributed by atoms with Gasteiger partial charge >= 0.3 is 0 Å². The summed E-state index contributed by atoms with van der Waals surface area (Å²) in [7, 11) is 0. The highest BCUT2D eigenvalue weighted by atomic mass is 32.1. The van der Waals surface area contributed by atoms with E-state index in [-0.39, 0.29) is 23.6 Å². The third-order valence-electron chi connectivity index (χ3n) is 5.45. The van der Waals surface area contributed by atoms with E-state index in [0.29, 0.717) is 12.2 Å². The standard InChI is InChI=1S/C26H23FN2OS/c1-26(20-8-4-2-5-9-20,21-10-6-3-7-11-21)18-28-24(30)16-23-17-31-25(29-23)19-12-14-22(27)15-13-19/h2-15,17H,16,18H2,1H3,(H,28,30). The van der Waals surface area contributed by atoms with Gasteiger partial charge in [-0.3, -0.25) is 4.79 Å². The van der Waals surface area contributed by atoms with E-state index < -0.39 is 0 Å². The van der Waals surface area contributed by atoms with E-state index in [1.165, 1.54) is 23.5 Å². The number of nitrogens with zero attached hydrogens (tertiary/aromatic N) is 1. The summed E-state index contributed by atoms with van der Waals surface area (Å²) in [4.78, 5) is 17.3. The van der Waals surface area contributed by atoms with Crippen LogP contribution in [0.25, 0.3) is 10.6 Å². The third-order valence-corrected chi connectivity index (χ3v) is 6.39. The van der Waals surface area contributed by atoms with Gasteiger partial charge < -0.3 is 5.32 Å². The topological polar surface area (TPSA) is 42.0 Å². The maximum atomic E-state index is 13.1. The van der Waals surface area contributed by atoms with Gasteiger partial charge in [0.25, 0.3) is 0 Å². The third kappa shape index (κ3) is 4.89. The average Bonchev–Trinajstić information content (AvgIpc) is 3.27. The van der Waals surface area contributed by atoms with Crippen LogP contribution in [0.15, 0.2) is 90.3 Å². The summed E-state index contributed by atoms with van der Waals surface area (Å²) in [5, 5.41) is 5.76. The molecule has 3 aromatic carbocycles. The lowest BCUT2D eigenvalue weighted by Gasteiger charge is -2.31. The molecule has 0 saturated heterocycles. The molecule has 0 radical (unpaired) electrons. The van der Waals surface area contributed by atoms with Crippen molar-refractivity contribution in [3.63, 3.8) is 0 Å². The molecule has 1 N–H and O–H groups in total. The van der Waals surface area contributed by atoms with E-state index >= 15 is 0 Å². The number of aromatic nitrogens is 1. The number of nitrogens with one attached hydrogen (secondary N) is 1. The fourth-order valence-electron chi connectivity index (χ4n) is 3.60. The maximum absolute atomic E-state index is 13.1. The zero-order chi connectivity index (χ0) is 21.7. The normalized spacial score (nSPS) is 11.3. The van der Waals surface area contributed by atoms with Gasteiger partial charge in [0.2, 0.25) is 5.91 Å². The number of amides is 1. The molecular weight excluding hydrogens is 407 g/mol. The number of carbonyl (C=O) groups excluding carboxylic acids is 1. The molecule has 31 heavy (non-hydrogen) atoms. The van der Waals surface area contributed by atoms with Crippen LogP contribution in [0.1, 0.15) is 23.7 Å². The number of halogens is 1. The van der Waals surface area contributed by atoms with Crippen LogP contribution in [-0.2, 0) is 16.6 Å². The molecule has 0 aliphatic rings. The lowest BCUT2D eigenvalue weighted by molar-refractivity contribution is -0.120. The largest absolute Gasteiger partial charge is 0.355 e. The van der Waals surface area contributed by atoms with Gasteiger partial charge in [-0.15, -0.1) is 11.3 Å². The molecule has 0 spiro atoms. The SMILES string of the molecule is CC(CNC(=O)Cc1csc(-c2ccc(F)cc2)n1)(c1ccccc1)c1ccccc1. The molecule has 156 valence electrons. The number of thiazole rings is 1. The lowest BCUT2D eigenvalue weighted by atomic mass is 9.76. The van der Waals surface area contributed by atoms with Gasteiger partial charge in [0, 0.05) is 22.9 Å². The van der Waals surface area contributed by atoms with Crippen molar-refractivity contribution in [3.8, 4) is 10.6 Å². The molecule has 0 bridgehead atoms. The van der Waals surface area contributed by atoms with E-state index in [4.69, 9.17) is 0 Å². The lowest BCUT2D eigenvalue weighted by Crippen LogP contribution is -2.40. The summed E-state index contributed by atoms with van der Waals surface area (Å²) in [6, 6.07) is 26.7. The molecule has 0 fully saturated rings. The molecule has 0 atom stereocenters. The Kier molecular flexibility index (Phi) is 6.23. The quantitative estimate of drug-likeness (QED) is 0.414. The highest BCUT2D eigenvalue weighted by molar-refractivity contribution is 7.13. The van der Waals surface area contributed by atoms with Gasteiger partial charge in [0.1, 0.15) is 10.8 Å². The molecule has 0 aliphatic heterocycles. The van der Waals surface area contributed by atoms with Gasteiger partial charge in [-0.1, -0.05) is 60.7 Å². The van der Waals surface area contributed by atoms with Gasteiger partial charge in [0.05, 0.1) is 12.1 Å². The molecule has 3 nitrogen and oxygen atoms in total. The Hall–Kier alpha value is -3.31. The van der Waals surface area contributed by atoms with Crippen molar-refractivity contribution in [1.29, 1.82) is 0 Å². The van der Waals surface area contributed by atoms with E-state index in [0.717, 1.165) is 21.7 Å². The number of hydrogen-bond acceptors (Lipinski definition) is 3. The fraction of sp³-hybridized carbons (Fsp3) is 0.154. The van der Waals surface area contributed by atoms with Crippen molar-refractivity contribution >= 4 is 17.2 Å². The minimum absolute atomic E-state index is 0.0750. The Labute approximate surface area is 185 Å². The minimum atomic E-state index is -0.348. The molecule has 1 amide bonds. The zero-order valence-electron chi connectivity index (χ0n) is 17.2. The van der Waals surface area contributed by atoms with Crippen LogP contribution in [0.3, 0.4) is 0 Å². The first-order valence-corrected chi connectivity index (χ1v) is 11.0. The smallest absolute Gasteiger partial charge is 0.226 e. The summed E-state index contributed by atoms with van der Waals surface area (Å²) < 4.78 is 13.1. The van der Waals surface area contributed by atoms with Gasteiger partial charge in [-0.2, -0.15) is 0 Å². The summed E-state index contributed by atoms with van der Waals surface area (Å²) in [5.74, 6) is -0.353. The molecule has 0 aliphatic carbocycles. The number of rotatable bonds is 7. The molecular formula is C26H23FN2OS. The number of hydrogen-bond donors (Lipinski definition) is 1. The van der Waals surface area contributed by atoms with Gasteiger partial charge in [-0.25, -0.2) is 9.37 Å².